The summed E-state index contributed by atoms with van der Waals surface area (Å²) >= 11 is 0. The molecular formula is C17H20FNO. The zero-order chi connectivity index (χ0) is 14.4. The van der Waals surface area contributed by atoms with Crippen LogP contribution in [0.25, 0.3) is 0 Å². The molecule has 2 aromatic rings. The summed E-state index contributed by atoms with van der Waals surface area (Å²) in [6, 6.07) is 14.6. The minimum absolute atomic E-state index is 0.0857. The molecule has 0 radical (unpaired) electrons. The maximum absolute atomic E-state index is 13.3. The van der Waals surface area contributed by atoms with Crippen molar-refractivity contribution in [2.45, 2.75) is 26.3 Å². The normalized spacial score (nSPS) is 11.9. The number of ether oxygens (including phenoxy) is 1. The molecule has 0 aliphatic rings. The maximum Gasteiger partial charge on any atom is 0.123 e. The zero-order valence-electron chi connectivity index (χ0n) is 11.9. The summed E-state index contributed by atoms with van der Waals surface area (Å²) in [4.78, 5) is 0. The van der Waals surface area contributed by atoms with Crippen molar-refractivity contribution in [3.05, 3.63) is 59.9 Å². The van der Waals surface area contributed by atoms with Gasteiger partial charge in [0.15, 0.2) is 0 Å². The Morgan fingerprint density at radius 3 is 2.60 bits per heavy atom. The molecule has 0 aromatic heterocycles. The monoisotopic (exact) mass is 273 g/mol. The molecule has 0 bridgehead atoms. The average molecular weight is 273 g/mol. The fourth-order valence-corrected chi connectivity index (χ4v) is 2.19. The molecule has 0 saturated heterocycles. The van der Waals surface area contributed by atoms with E-state index in [4.69, 9.17) is 4.74 Å². The van der Waals surface area contributed by atoms with Crippen LogP contribution in [0.1, 0.15) is 31.9 Å². The Kier molecular flexibility index (Phi) is 4.99. The Morgan fingerprint density at radius 2 is 1.90 bits per heavy atom. The third kappa shape index (κ3) is 3.73. The minimum Gasteiger partial charge on any atom is -0.494 e. The second kappa shape index (κ2) is 6.94. The van der Waals surface area contributed by atoms with Gasteiger partial charge in [-0.25, -0.2) is 4.39 Å². The smallest absolute Gasteiger partial charge is 0.123 e. The van der Waals surface area contributed by atoms with Crippen molar-refractivity contribution in [1.29, 1.82) is 0 Å². The van der Waals surface area contributed by atoms with Crippen LogP contribution < -0.4 is 10.1 Å². The number of rotatable bonds is 6. The molecular weight excluding hydrogens is 253 g/mol. The minimum atomic E-state index is -0.203. The second-order valence-electron chi connectivity index (χ2n) is 4.62. The van der Waals surface area contributed by atoms with E-state index < -0.39 is 0 Å². The third-order valence-electron chi connectivity index (χ3n) is 3.15. The van der Waals surface area contributed by atoms with Gasteiger partial charge < -0.3 is 10.1 Å². The SMILES string of the molecule is CCOc1cccc(NC(CC)c2cccc(F)c2)c1. The topological polar surface area (TPSA) is 21.3 Å². The lowest BCUT2D eigenvalue weighted by Crippen LogP contribution is -2.10. The molecule has 2 nitrogen and oxygen atoms in total. The zero-order valence-corrected chi connectivity index (χ0v) is 11.9. The summed E-state index contributed by atoms with van der Waals surface area (Å²) < 4.78 is 18.8. The molecule has 0 heterocycles. The molecule has 0 fully saturated rings. The highest BCUT2D eigenvalue weighted by molar-refractivity contribution is 5.50. The summed E-state index contributed by atoms with van der Waals surface area (Å²) in [7, 11) is 0. The Morgan fingerprint density at radius 1 is 1.10 bits per heavy atom. The van der Waals surface area contributed by atoms with Gasteiger partial charge in [-0.3, -0.25) is 0 Å². The number of nitrogens with one attached hydrogen (secondary N) is 1. The first-order valence-corrected chi connectivity index (χ1v) is 6.97. The predicted molar refractivity (Wildman–Crippen MR) is 80.7 cm³/mol. The van der Waals surface area contributed by atoms with Crippen LogP contribution in [-0.4, -0.2) is 6.61 Å². The molecule has 2 aromatic carbocycles. The van der Waals surface area contributed by atoms with Crippen molar-refractivity contribution in [2.75, 3.05) is 11.9 Å². The molecule has 3 heteroatoms. The van der Waals surface area contributed by atoms with Crippen molar-refractivity contribution in [3.63, 3.8) is 0 Å². The quantitative estimate of drug-likeness (QED) is 0.817. The van der Waals surface area contributed by atoms with Crippen LogP contribution in [0.3, 0.4) is 0 Å². The highest BCUT2D eigenvalue weighted by Crippen LogP contribution is 2.25. The molecule has 1 atom stereocenters. The molecule has 0 amide bonds. The van der Waals surface area contributed by atoms with Crippen LogP contribution in [0.5, 0.6) is 5.75 Å². The van der Waals surface area contributed by atoms with Gasteiger partial charge in [-0.15, -0.1) is 0 Å². The van der Waals surface area contributed by atoms with Gasteiger partial charge in [-0.05, 0) is 43.2 Å². The summed E-state index contributed by atoms with van der Waals surface area (Å²) in [6.07, 6.45) is 0.877. The molecule has 20 heavy (non-hydrogen) atoms. The number of hydrogen-bond acceptors (Lipinski definition) is 2. The molecule has 2 rings (SSSR count). The van der Waals surface area contributed by atoms with E-state index in [-0.39, 0.29) is 11.9 Å². The van der Waals surface area contributed by atoms with Crippen LogP contribution in [0.15, 0.2) is 48.5 Å². The first kappa shape index (κ1) is 14.4. The van der Waals surface area contributed by atoms with Crippen molar-refractivity contribution < 1.29 is 9.13 Å². The van der Waals surface area contributed by atoms with Gasteiger partial charge in [0.25, 0.3) is 0 Å². The highest BCUT2D eigenvalue weighted by Gasteiger charge is 2.10. The molecule has 1 unspecified atom stereocenters. The molecule has 0 spiro atoms. The van der Waals surface area contributed by atoms with E-state index in [1.807, 2.05) is 37.3 Å². The predicted octanol–water partition coefficient (Wildman–Crippen LogP) is 4.79. The first-order valence-electron chi connectivity index (χ1n) is 6.97. The molecule has 0 aliphatic heterocycles. The maximum atomic E-state index is 13.3. The second-order valence-corrected chi connectivity index (χ2v) is 4.62. The van der Waals surface area contributed by atoms with Crippen LogP contribution in [-0.2, 0) is 0 Å². The first-order chi connectivity index (χ1) is 9.72. The number of anilines is 1. The van der Waals surface area contributed by atoms with E-state index in [1.165, 1.54) is 6.07 Å². The van der Waals surface area contributed by atoms with E-state index in [2.05, 4.69) is 12.2 Å². The van der Waals surface area contributed by atoms with E-state index in [0.29, 0.717) is 6.61 Å². The van der Waals surface area contributed by atoms with Crippen molar-refractivity contribution in [1.82, 2.24) is 0 Å². The molecule has 0 saturated carbocycles. The Hall–Kier alpha value is -2.03. The number of hydrogen-bond donors (Lipinski definition) is 1. The third-order valence-corrected chi connectivity index (χ3v) is 3.15. The van der Waals surface area contributed by atoms with Crippen molar-refractivity contribution in [2.24, 2.45) is 0 Å². The largest absolute Gasteiger partial charge is 0.494 e. The average Bonchev–Trinajstić information content (AvgIpc) is 2.45. The lowest BCUT2D eigenvalue weighted by molar-refractivity contribution is 0.340. The van der Waals surface area contributed by atoms with E-state index in [9.17, 15) is 4.39 Å². The standard InChI is InChI=1S/C17H20FNO/c1-3-17(13-7-5-8-14(18)11-13)19-15-9-6-10-16(12-15)20-4-2/h5-12,17,19H,3-4H2,1-2H3. The summed E-state index contributed by atoms with van der Waals surface area (Å²) in [5, 5.41) is 3.42. The van der Waals surface area contributed by atoms with E-state index >= 15 is 0 Å². The Bertz CT molecular complexity index is 556. The van der Waals surface area contributed by atoms with Gasteiger partial charge in [0.05, 0.1) is 12.6 Å². The van der Waals surface area contributed by atoms with Gasteiger partial charge in [-0.2, -0.15) is 0 Å². The Labute approximate surface area is 119 Å². The fourth-order valence-electron chi connectivity index (χ4n) is 2.19. The fraction of sp³-hybridized carbons (Fsp3) is 0.294. The summed E-state index contributed by atoms with van der Waals surface area (Å²) in [5.41, 5.74) is 1.93. The lowest BCUT2D eigenvalue weighted by Gasteiger charge is -2.19. The molecule has 106 valence electrons. The summed E-state index contributed by atoms with van der Waals surface area (Å²) in [6.45, 7) is 4.68. The number of benzene rings is 2. The van der Waals surface area contributed by atoms with Gasteiger partial charge in [-0.1, -0.05) is 25.1 Å². The van der Waals surface area contributed by atoms with Crippen LogP contribution in [0.2, 0.25) is 0 Å². The van der Waals surface area contributed by atoms with E-state index in [0.717, 1.165) is 23.4 Å². The van der Waals surface area contributed by atoms with E-state index in [1.54, 1.807) is 12.1 Å². The highest BCUT2D eigenvalue weighted by atomic mass is 19.1. The van der Waals surface area contributed by atoms with Crippen LogP contribution >= 0.6 is 0 Å². The van der Waals surface area contributed by atoms with Crippen LogP contribution in [0.4, 0.5) is 10.1 Å². The molecule has 1 N–H and O–H groups in total. The van der Waals surface area contributed by atoms with Crippen molar-refractivity contribution in [3.8, 4) is 5.75 Å². The van der Waals surface area contributed by atoms with Gasteiger partial charge in [0, 0.05) is 11.8 Å². The lowest BCUT2D eigenvalue weighted by atomic mass is 10.0. The van der Waals surface area contributed by atoms with Gasteiger partial charge in [0.2, 0.25) is 0 Å². The molecule has 0 aliphatic carbocycles. The van der Waals surface area contributed by atoms with Crippen LogP contribution in [0, 0.1) is 5.82 Å². The summed E-state index contributed by atoms with van der Waals surface area (Å²) in [5.74, 6) is 0.636. The van der Waals surface area contributed by atoms with Gasteiger partial charge in [0.1, 0.15) is 11.6 Å². The number of halogens is 1. The van der Waals surface area contributed by atoms with Crippen molar-refractivity contribution >= 4 is 5.69 Å². The Balaban J connectivity index is 2.15. The van der Waals surface area contributed by atoms with Gasteiger partial charge >= 0.3 is 0 Å².